The quantitative estimate of drug-likeness (QED) is 0.500. The third-order valence-corrected chi connectivity index (χ3v) is 1.63. The van der Waals surface area contributed by atoms with Crippen molar-refractivity contribution in [3.8, 4) is 0 Å². The highest BCUT2D eigenvalue weighted by Crippen LogP contribution is 2.26. The molecule has 6 heteroatoms. The molecular weight excluding hydrogens is 188 g/mol. The summed E-state index contributed by atoms with van der Waals surface area (Å²) in [5, 5.41) is 15.6. The third-order valence-electron chi connectivity index (χ3n) is 1.63. The highest BCUT2D eigenvalue weighted by atomic mass is 16.5. The van der Waals surface area contributed by atoms with Crippen LogP contribution < -0.4 is 0 Å². The Morgan fingerprint density at radius 2 is 2.36 bits per heavy atom. The maximum atomic E-state index is 11.1. The molecule has 6 nitrogen and oxygen atoms in total. The number of fused-ring (bicyclic) bond motifs is 1. The van der Waals surface area contributed by atoms with Crippen molar-refractivity contribution in [1.29, 1.82) is 0 Å². The molecule has 1 aliphatic rings. The second-order valence-corrected chi connectivity index (χ2v) is 2.53. The predicted molar refractivity (Wildman–Crippen MR) is 43.1 cm³/mol. The van der Waals surface area contributed by atoms with Crippen molar-refractivity contribution >= 4 is 17.7 Å². The summed E-state index contributed by atoms with van der Waals surface area (Å²) in [6, 6.07) is 1.42. The maximum Gasteiger partial charge on any atom is 0.346 e. The van der Waals surface area contributed by atoms with E-state index in [1.807, 2.05) is 0 Å². The molecule has 0 atom stereocenters. The minimum Gasteiger partial charge on any atom is -0.478 e. The monoisotopic (exact) mass is 192 g/mol. The lowest BCUT2D eigenvalue weighted by Gasteiger charge is -1.92. The Morgan fingerprint density at radius 1 is 1.57 bits per heavy atom. The van der Waals surface area contributed by atoms with Crippen molar-refractivity contribution in [3.63, 3.8) is 0 Å². The van der Waals surface area contributed by atoms with Gasteiger partial charge in [-0.3, -0.25) is 0 Å². The van der Waals surface area contributed by atoms with Gasteiger partial charge in [-0.1, -0.05) is 0 Å². The number of carbonyl (C=O) groups is 2. The summed E-state index contributed by atoms with van der Waals surface area (Å²) >= 11 is 0. The molecule has 0 saturated heterocycles. The molecule has 1 aromatic heterocycles. The smallest absolute Gasteiger partial charge is 0.346 e. The van der Waals surface area contributed by atoms with Crippen LogP contribution in [0.2, 0.25) is 0 Å². The van der Waals surface area contributed by atoms with Crippen molar-refractivity contribution in [3.05, 3.63) is 29.6 Å². The van der Waals surface area contributed by atoms with Gasteiger partial charge in [0.15, 0.2) is 5.76 Å². The summed E-state index contributed by atoms with van der Waals surface area (Å²) in [5.41, 5.74) is 0.396. The lowest BCUT2D eigenvalue weighted by Crippen LogP contribution is -1.94. The largest absolute Gasteiger partial charge is 0.478 e. The zero-order valence-corrected chi connectivity index (χ0v) is 6.80. The van der Waals surface area contributed by atoms with Crippen LogP contribution in [-0.4, -0.2) is 27.2 Å². The zero-order valence-electron chi connectivity index (χ0n) is 6.80. The first-order valence-electron chi connectivity index (χ1n) is 3.67. The minimum absolute atomic E-state index is 0.0781. The highest BCUT2D eigenvalue weighted by molar-refractivity contribution is 6.04. The van der Waals surface area contributed by atoms with Gasteiger partial charge >= 0.3 is 11.9 Å². The maximum absolute atomic E-state index is 11.1. The molecule has 14 heavy (non-hydrogen) atoms. The van der Waals surface area contributed by atoms with Gasteiger partial charge in [0.1, 0.15) is 5.69 Å². The molecule has 70 valence electrons. The fourth-order valence-corrected chi connectivity index (χ4v) is 1.09. The highest BCUT2D eigenvalue weighted by Gasteiger charge is 2.28. The van der Waals surface area contributed by atoms with E-state index in [1.54, 1.807) is 0 Å². The first-order valence-corrected chi connectivity index (χ1v) is 3.67. The summed E-state index contributed by atoms with van der Waals surface area (Å²) in [6.07, 6.45) is 2.11. The molecule has 1 aliphatic heterocycles. The molecule has 0 unspecified atom stereocenters. The van der Waals surface area contributed by atoms with E-state index in [1.165, 1.54) is 12.3 Å². The van der Waals surface area contributed by atoms with Crippen LogP contribution in [0.3, 0.4) is 0 Å². The van der Waals surface area contributed by atoms with Crippen molar-refractivity contribution in [2.75, 3.05) is 0 Å². The van der Waals surface area contributed by atoms with Gasteiger partial charge < -0.3 is 9.84 Å². The number of hydrogen-bond donors (Lipinski definition) is 1. The topological polar surface area (TPSA) is 89.4 Å². The van der Waals surface area contributed by atoms with Gasteiger partial charge in [-0.15, -0.1) is 5.10 Å². The predicted octanol–water partition coefficient (Wildman–Crippen LogP) is 0.0725. The molecule has 0 bridgehead atoms. The van der Waals surface area contributed by atoms with Gasteiger partial charge in [-0.05, 0) is 6.07 Å². The zero-order chi connectivity index (χ0) is 10.1. The number of carbonyl (C=O) groups excluding carboxylic acids is 1. The number of aliphatic carboxylic acids is 1. The second kappa shape index (κ2) is 2.91. The second-order valence-electron chi connectivity index (χ2n) is 2.53. The average Bonchev–Trinajstić information content (AvgIpc) is 2.44. The Morgan fingerprint density at radius 3 is 3.07 bits per heavy atom. The van der Waals surface area contributed by atoms with E-state index in [-0.39, 0.29) is 17.0 Å². The van der Waals surface area contributed by atoms with Crippen molar-refractivity contribution < 1.29 is 19.4 Å². The summed E-state index contributed by atoms with van der Waals surface area (Å²) in [6.45, 7) is 0. The van der Waals surface area contributed by atoms with Crippen molar-refractivity contribution in [2.24, 2.45) is 0 Å². The van der Waals surface area contributed by atoms with Crippen LogP contribution in [-0.2, 0) is 9.53 Å². The molecule has 1 aromatic rings. The molecule has 0 fully saturated rings. The van der Waals surface area contributed by atoms with Gasteiger partial charge in [0, 0.05) is 0 Å². The van der Waals surface area contributed by atoms with Gasteiger partial charge in [0.05, 0.1) is 17.8 Å². The molecule has 1 N–H and O–H groups in total. The third kappa shape index (κ3) is 1.22. The summed E-state index contributed by atoms with van der Waals surface area (Å²) in [5.74, 6) is -1.89. The number of aromatic nitrogens is 2. The van der Waals surface area contributed by atoms with Gasteiger partial charge in [0.25, 0.3) is 0 Å². The standard InChI is InChI=1S/C8H4N2O4/c11-6(12)3-5-7-4(8(13)14-5)1-2-9-10-7/h1-3H,(H,11,12). The molecule has 0 radical (unpaired) electrons. The van der Waals surface area contributed by atoms with E-state index >= 15 is 0 Å². The molecular formula is C8H4N2O4. The Labute approximate surface area is 77.8 Å². The fraction of sp³-hybridized carbons (Fsp3) is 0. The van der Waals surface area contributed by atoms with Crippen molar-refractivity contribution in [1.82, 2.24) is 10.2 Å². The number of esters is 1. The first-order chi connectivity index (χ1) is 6.68. The lowest BCUT2D eigenvalue weighted by atomic mass is 10.2. The Bertz CT molecular complexity index is 452. The summed E-state index contributed by atoms with van der Waals surface area (Å²) < 4.78 is 4.68. The van der Waals surface area contributed by atoms with E-state index in [4.69, 9.17) is 5.11 Å². The number of nitrogens with zero attached hydrogens (tertiary/aromatic N) is 2. The summed E-state index contributed by atoms with van der Waals surface area (Å²) in [7, 11) is 0. The summed E-state index contributed by atoms with van der Waals surface area (Å²) in [4.78, 5) is 21.5. The number of hydrogen-bond acceptors (Lipinski definition) is 5. The van der Waals surface area contributed by atoms with Crippen LogP contribution in [0.25, 0.3) is 5.76 Å². The number of carboxylic acids is 1. The Hall–Kier alpha value is -2.24. The van der Waals surface area contributed by atoms with E-state index in [0.717, 1.165) is 6.08 Å². The average molecular weight is 192 g/mol. The first kappa shape index (κ1) is 8.36. The minimum atomic E-state index is -1.20. The van der Waals surface area contributed by atoms with Crippen molar-refractivity contribution in [2.45, 2.75) is 0 Å². The van der Waals surface area contributed by atoms with E-state index < -0.39 is 11.9 Å². The molecule has 0 aliphatic carbocycles. The van der Waals surface area contributed by atoms with E-state index in [2.05, 4.69) is 14.9 Å². The number of cyclic esters (lactones) is 1. The molecule has 2 rings (SSSR count). The molecule has 0 aromatic carbocycles. The number of ether oxygens (including phenoxy) is 1. The Balaban J connectivity index is 2.54. The van der Waals surface area contributed by atoms with Crippen LogP contribution in [0, 0.1) is 0 Å². The van der Waals surface area contributed by atoms with Gasteiger partial charge in [-0.2, -0.15) is 5.10 Å². The van der Waals surface area contributed by atoms with Crippen LogP contribution >= 0.6 is 0 Å². The van der Waals surface area contributed by atoms with Crippen LogP contribution in [0.4, 0.5) is 0 Å². The SMILES string of the molecule is O=C(O)C=C1OC(=O)c2ccnnc21. The van der Waals surface area contributed by atoms with Crippen LogP contribution in [0.15, 0.2) is 18.3 Å². The number of rotatable bonds is 1. The lowest BCUT2D eigenvalue weighted by molar-refractivity contribution is -0.131. The molecule has 0 spiro atoms. The number of carboxylic acid groups (broad SMARTS) is 1. The normalized spacial score (nSPS) is 16.6. The van der Waals surface area contributed by atoms with E-state index in [0.29, 0.717) is 0 Å². The van der Waals surface area contributed by atoms with E-state index in [9.17, 15) is 9.59 Å². The molecule has 0 amide bonds. The molecule has 2 heterocycles. The molecule has 0 saturated carbocycles. The van der Waals surface area contributed by atoms with Crippen LogP contribution in [0.1, 0.15) is 16.1 Å². The van der Waals surface area contributed by atoms with Crippen LogP contribution in [0.5, 0.6) is 0 Å². The Kier molecular flexibility index (Phi) is 1.74. The fourth-order valence-electron chi connectivity index (χ4n) is 1.09. The van der Waals surface area contributed by atoms with Gasteiger partial charge in [-0.25, -0.2) is 9.59 Å². The van der Waals surface area contributed by atoms with Gasteiger partial charge in [0.2, 0.25) is 0 Å².